The van der Waals surface area contributed by atoms with Crippen LogP contribution >= 0.6 is 0 Å². The molecule has 6 rings (SSSR count). The molecule has 0 aromatic heterocycles. The van der Waals surface area contributed by atoms with Crippen LogP contribution in [0, 0.1) is 6.92 Å². The van der Waals surface area contributed by atoms with Crippen molar-refractivity contribution in [3.63, 3.8) is 0 Å². The second kappa shape index (κ2) is 6.55. The summed E-state index contributed by atoms with van der Waals surface area (Å²) in [5.74, 6) is 0. The largest absolute Gasteiger partial charge is 0.180 e. The van der Waals surface area contributed by atoms with Gasteiger partial charge in [-0.1, -0.05) is 115 Å². The van der Waals surface area contributed by atoms with E-state index in [0.29, 0.717) is 0 Å². The number of benzene rings is 5. The van der Waals surface area contributed by atoms with Crippen LogP contribution in [0.25, 0.3) is 21.9 Å². The molecule has 0 spiro atoms. The van der Waals surface area contributed by atoms with Gasteiger partial charge in [0.25, 0.3) is 0 Å². The van der Waals surface area contributed by atoms with Crippen LogP contribution in [0.2, 0.25) is 0 Å². The first-order valence-electron chi connectivity index (χ1n) is 10.5. The highest BCUT2D eigenvalue weighted by molar-refractivity contribution is 7.22. The van der Waals surface area contributed by atoms with E-state index in [0.717, 1.165) is 0 Å². The van der Waals surface area contributed by atoms with E-state index in [1.807, 2.05) is 0 Å². The third kappa shape index (κ3) is 2.33. The molecule has 0 aliphatic carbocycles. The molecule has 0 saturated heterocycles. The first-order chi connectivity index (χ1) is 14.8. The molecule has 142 valence electrons. The molecule has 0 radical (unpaired) electrons. The van der Waals surface area contributed by atoms with Crippen LogP contribution in [-0.4, -0.2) is 8.07 Å². The topological polar surface area (TPSA) is 0 Å². The molecule has 5 aromatic rings. The zero-order valence-electron chi connectivity index (χ0n) is 17.0. The summed E-state index contributed by atoms with van der Waals surface area (Å²) in [4.78, 5) is 0. The molecule has 0 bridgehead atoms. The van der Waals surface area contributed by atoms with Gasteiger partial charge in [-0.2, -0.15) is 0 Å². The summed E-state index contributed by atoms with van der Waals surface area (Å²) >= 11 is 0. The van der Waals surface area contributed by atoms with E-state index in [1.165, 1.54) is 48.2 Å². The van der Waals surface area contributed by atoms with Gasteiger partial charge >= 0.3 is 0 Å². The number of hydrogen-bond acceptors (Lipinski definition) is 0. The van der Waals surface area contributed by atoms with Gasteiger partial charge in [0.15, 0.2) is 8.07 Å². The fourth-order valence-electron chi connectivity index (χ4n) is 5.32. The van der Waals surface area contributed by atoms with Crippen LogP contribution < -0.4 is 20.7 Å². The predicted molar refractivity (Wildman–Crippen MR) is 131 cm³/mol. The molecular formula is C29H22Si. The number of hydrogen-bond donors (Lipinski definition) is 0. The Labute approximate surface area is 178 Å². The van der Waals surface area contributed by atoms with Crippen molar-refractivity contribution >= 4 is 39.6 Å². The first-order valence-corrected chi connectivity index (χ1v) is 12.5. The van der Waals surface area contributed by atoms with E-state index in [-0.39, 0.29) is 0 Å². The van der Waals surface area contributed by atoms with Crippen molar-refractivity contribution < 1.29 is 0 Å². The lowest BCUT2D eigenvalue weighted by Crippen LogP contribution is -2.72. The summed E-state index contributed by atoms with van der Waals surface area (Å²) in [7, 11) is -2.37. The zero-order chi connectivity index (χ0) is 20.1. The smallest absolute Gasteiger partial charge is 0.0623 e. The van der Waals surface area contributed by atoms with Crippen LogP contribution in [0.15, 0.2) is 115 Å². The van der Waals surface area contributed by atoms with Gasteiger partial charge in [-0.25, -0.2) is 0 Å². The number of rotatable bonds is 2. The van der Waals surface area contributed by atoms with Gasteiger partial charge in [0.05, 0.1) is 0 Å². The summed E-state index contributed by atoms with van der Waals surface area (Å²) in [5.41, 5.74) is 4.12. The maximum absolute atomic E-state index is 2.48. The van der Waals surface area contributed by atoms with E-state index in [2.05, 4.69) is 122 Å². The molecule has 30 heavy (non-hydrogen) atoms. The zero-order valence-corrected chi connectivity index (χ0v) is 18.0. The lowest BCUT2D eigenvalue weighted by atomic mass is 10.0. The van der Waals surface area contributed by atoms with Gasteiger partial charge in [0.1, 0.15) is 0 Å². The Bertz CT molecular complexity index is 1400. The molecule has 1 unspecified atom stereocenters. The minimum absolute atomic E-state index is 1.31. The molecular weight excluding hydrogens is 376 g/mol. The van der Waals surface area contributed by atoms with Crippen molar-refractivity contribution in [1.29, 1.82) is 0 Å². The van der Waals surface area contributed by atoms with Crippen LogP contribution in [-0.2, 0) is 0 Å². The summed E-state index contributed by atoms with van der Waals surface area (Å²) < 4.78 is 0. The lowest BCUT2D eigenvalue weighted by Gasteiger charge is -2.31. The molecule has 0 saturated carbocycles. The Morgan fingerprint density at radius 1 is 0.467 bits per heavy atom. The van der Waals surface area contributed by atoms with Gasteiger partial charge < -0.3 is 0 Å². The van der Waals surface area contributed by atoms with E-state index in [1.54, 1.807) is 0 Å². The SMILES string of the molecule is Cc1cccc([Si]2(c3ccccc3)c3ccccc3-c3cc4ccccc4cc32)c1. The van der Waals surface area contributed by atoms with E-state index < -0.39 is 8.07 Å². The molecule has 0 fully saturated rings. The molecule has 1 heterocycles. The Hall–Kier alpha value is -3.42. The van der Waals surface area contributed by atoms with E-state index in [9.17, 15) is 0 Å². The molecule has 1 aliphatic heterocycles. The van der Waals surface area contributed by atoms with Crippen LogP contribution in [0.3, 0.4) is 0 Å². The second-order valence-electron chi connectivity index (χ2n) is 8.28. The maximum atomic E-state index is 2.48. The first kappa shape index (κ1) is 17.4. The van der Waals surface area contributed by atoms with Crippen molar-refractivity contribution in [1.82, 2.24) is 0 Å². The van der Waals surface area contributed by atoms with E-state index >= 15 is 0 Å². The molecule has 1 atom stereocenters. The van der Waals surface area contributed by atoms with Crippen molar-refractivity contribution in [2.45, 2.75) is 6.92 Å². The molecule has 5 aromatic carbocycles. The molecule has 0 amide bonds. The summed E-state index contributed by atoms with van der Waals surface area (Å²) in [6.07, 6.45) is 0. The highest BCUT2D eigenvalue weighted by Crippen LogP contribution is 2.31. The summed E-state index contributed by atoms with van der Waals surface area (Å²) in [6.45, 7) is 2.21. The Kier molecular flexibility index (Phi) is 3.81. The average molecular weight is 399 g/mol. The molecule has 0 N–H and O–H groups in total. The predicted octanol–water partition coefficient (Wildman–Crippen LogP) is 4.51. The number of aryl methyl sites for hydroxylation is 1. The van der Waals surface area contributed by atoms with Gasteiger partial charge in [-0.05, 0) is 55.6 Å². The van der Waals surface area contributed by atoms with Crippen molar-refractivity contribution in [2.75, 3.05) is 0 Å². The molecule has 1 aliphatic rings. The van der Waals surface area contributed by atoms with Gasteiger partial charge in [-0.3, -0.25) is 0 Å². The second-order valence-corrected chi connectivity index (χ2v) is 12.0. The fraction of sp³-hybridized carbons (Fsp3) is 0.0345. The summed E-state index contributed by atoms with van der Waals surface area (Å²) in [6, 6.07) is 43.2. The standard InChI is InChI=1S/C29H22Si/c1-21-10-9-15-25(18-21)30(24-13-3-2-4-14-24)28-17-8-7-16-26(28)27-19-22-11-5-6-12-23(22)20-29(27)30/h2-20H,1H3. The van der Waals surface area contributed by atoms with Crippen LogP contribution in [0.1, 0.15) is 5.56 Å². The quantitative estimate of drug-likeness (QED) is 0.377. The minimum Gasteiger partial charge on any atom is -0.0623 e. The monoisotopic (exact) mass is 398 g/mol. The average Bonchev–Trinajstić information content (AvgIpc) is 3.08. The Morgan fingerprint density at radius 3 is 1.93 bits per heavy atom. The van der Waals surface area contributed by atoms with Crippen molar-refractivity contribution in [2.24, 2.45) is 0 Å². The number of fused-ring (bicyclic) bond motifs is 4. The fourth-order valence-corrected chi connectivity index (χ4v) is 10.6. The van der Waals surface area contributed by atoms with Crippen molar-refractivity contribution in [3.05, 3.63) is 121 Å². The molecule has 1 heteroatoms. The van der Waals surface area contributed by atoms with Gasteiger partial charge in [0, 0.05) is 0 Å². The van der Waals surface area contributed by atoms with Gasteiger partial charge in [-0.15, -0.1) is 0 Å². The van der Waals surface area contributed by atoms with Crippen molar-refractivity contribution in [3.8, 4) is 11.1 Å². The van der Waals surface area contributed by atoms with E-state index in [4.69, 9.17) is 0 Å². The Balaban J connectivity index is 1.83. The normalized spacial score (nSPS) is 17.0. The van der Waals surface area contributed by atoms with Gasteiger partial charge in [0.2, 0.25) is 0 Å². The van der Waals surface area contributed by atoms with Crippen LogP contribution in [0.4, 0.5) is 0 Å². The maximum Gasteiger partial charge on any atom is 0.180 e. The Morgan fingerprint density at radius 2 is 1.13 bits per heavy atom. The van der Waals surface area contributed by atoms with Crippen LogP contribution in [0.5, 0.6) is 0 Å². The highest BCUT2D eigenvalue weighted by Gasteiger charge is 2.48. The highest BCUT2D eigenvalue weighted by atomic mass is 28.3. The molecule has 0 nitrogen and oxygen atoms in total. The lowest BCUT2D eigenvalue weighted by molar-refractivity contribution is 1.49. The third-order valence-corrected chi connectivity index (χ3v) is 11.4. The third-order valence-electron chi connectivity index (χ3n) is 6.57. The summed E-state index contributed by atoms with van der Waals surface area (Å²) in [5, 5.41) is 8.58. The minimum atomic E-state index is -2.37.